The van der Waals surface area contributed by atoms with Gasteiger partial charge in [0, 0.05) is 12.1 Å². The summed E-state index contributed by atoms with van der Waals surface area (Å²) in [5.41, 5.74) is 4.85. The first-order chi connectivity index (χ1) is 12.8. The van der Waals surface area contributed by atoms with Crippen LogP contribution in [0.1, 0.15) is 16.7 Å². The number of hydrogen-bond donors (Lipinski definition) is 1. The van der Waals surface area contributed by atoms with Crippen molar-refractivity contribution in [2.45, 2.75) is 19.5 Å². The number of methoxy groups -OCH3 is 2. The summed E-state index contributed by atoms with van der Waals surface area (Å²) in [6, 6.07) is 12.0. The lowest BCUT2D eigenvalue weighted by atomic mass is 9.95. The lowest BCUT2D eigenvalue weighted by Crippen LogP contribution is -2.25. The van der Waals surface area contributed by atoms with Crippen molar-refractivity contribution in [3.63, 3.8) is 0 Å². The first kappa shape index (κ1) is 16.5. The summed E-state index contributed by atoms with van der Waals surface area (Å²) in [5.74, 6) is 1.89. The second kappa shape index (κ2) is 7.13. The third-order valence-corrected chi connectivity index (χ3v) is 4.64. The summed E-state index contributed by atoms with van der Waals surface area (Å²) in [6.07, 6.45) is 1.03. The fourth-order valence-electron chi connectivity index (χ4n) is 3.31. The lowest BCUT2D eigenvalue weighted by molar-refractivity contribution is 0.355. The molecule has 0 fully saturated rings. The van der Waals surface area contributed by atoms with Gasteiger partial charge in [-0.2, -0.15) is 4.80 Å². The van der Waals surface area contributed by atoms with Gasteiger partial charge in [0.1, 0.15) is 0 Å². The summed E-state index contributed by atoms with van der Waals surface area (Å²) in [6.45, 7) is 2.54. The highest BCUT2D eigenvalue weighted by Gasteiger charge is 2.15. The van der Waals surface area contributed by atoms with Gasteiger partial charge in [-0.25, -0.2) is 0 Å². The molecule has 0 unspecified atom stereocenters. The molecule has 1 aliphatic heterocycles. The predicted molar refractivity (Wildman–Crippen MR) is 97.3 cm³/mol. The highest BCUT2D eigenvalue weighted by Crippen LogP contribution is 2.30. The Morgan fingerprint density at radius 1 is 1.12 bits per heavy atom. The number of tetrazole rings is 1. The first-order valence-electron chi connectivity index (χ1n) is 8.59. The average molecular weight is 351 g/mol. The van der Waals surface area contributed by atoms with Gasteiger partial charge >= 0.3 is 0 Å². The largest absolute Gasteiger partial charge is 0.493 e. The molecule has 0 bridgehead atoms. The predicted octanol–water partition coefficient (Wildman–Crippen LogP) is 2.05. The van der Waals surface area contributed by atoms with Gasteiger partial charge in [0.15, 0.2) is 11.5 Å². The van der Waals surface area contributed by atoms with Crippen molar-refractivity contribution in [1.29, 1.82) is 0 Å². The van der Waals surface area contributed by atoms with Crippen molar-refractivity contribution < 1.29 is 9.47 Å². The standard InChI is InChI=1S/C19H21N5O2/c1-25-17-7-6-13(10-18(17)26-2)19-21-23-24(22-19)12-15-5-3-4-14-11-20-9-8-16(14)15/h3-7,10,20H,8-9,11-12H2,1-2H3. The van der Waals surface area contributed by atoms with Crippen LogP contribution in [0.4, 0.5) is 0 Å². The van der Waals surface area contributed by atoms with Crippen molar-refractivity contribution in [3.8, 4) is 22.9 Å². The topological polar surface area (TPSA) is 74.1 Å². The number of ether oxygens (including phenoxy) is 2. The summed E-state index contributed by atoms with van der Waals surface area (Å²) in [4.78, 5) is 1.64. The highest BCUT2D eigenvalue weighted by atomic mass is 16.5. The molecular formula is C19H21N5O2. The monoisotopic (exact) mass is 351 g/mol. The third-order valence-electron chi connectivity index (χ3n) is 4.64. The molecule has 0 radical (unpaired) electrons. The van der Waals surface area contributed by atoms with E-state index < -0.39 is 0 Å². The minimum atomic E-state index is 0.567. The molecule has 0 aliphatic carbocycles. The second-order valence-corrected chi connectivity index (χ2v) is 6.19. The van der Waals surface area contributed by atoms with Gasteiger partial charge in [-0.05, 0) is 53.1 Å². The van der Waals surface area contributed by atoms with E-state index in [2.05, 4.69) is 38.9 Å². The van der Waals surface area contributed by atoms with Crippen LogP contribution in [0.2, 0.25) is 0 Å². The van der Waals surface area contributed by atoms with E-state index in [1.54, 1.807) is 19.0 Å². The van der Waals surface area contributed by atoms with Crippen LogP contribution in [0.15, 0.2) is 36.4 Å². The van der Waals surface area contributed by atoms with Crippen molar-refractivity contribution >= 4 is 0 Å². The fourth-order valence-corrected chi connectivity index (χ4v) is 3.31. The number of rotatable bonds is 5. The fraction of sp³-hybridized carbons (Fsp3) is 0.316. The molecule has 4 rings (SSSR count). The van der Waals surface area contributed by atoms with Crippen LogP contribution in [0, 0.1) is 0 Å². The number of nitrogens with one attached hydrogen (secondary N) is 1. The van der Waals surface area contributed by atoms with Crippen molar-refractivity contribution in [2.75, 3.05) is 20.8 Å². The van der Waals surface area contributed by atoms with Gasteiger partial charge in [0.2, 0.25) is 5.82 Å². The van der Waals surface area contributed by atoms with Crippen LogP contribution in [0.3, 0.4) is 0 Å². The molecule has 1 aromatic heterocycles. The van der Waals surface area contributed by atoms with Gasteiger partial charge in [0.25, 0.3) is 0 Å². The number of benzene rings is 2. The molecule has 2 aromatic carbocycles. The molecule has 7 heteroatoms. The van der Waals surface area contributed by atoms with Crippen LogP contribution in [-0.2, 0) is 19.5 Å². The van der Waals surface area contributed by atoms with Crippen LogP contribution in [-0.4, -0.2) is 41.0 Å². The Labute approximate surface area is 151 Å². The minimum Gasteiger partial charge on any atom is -0.493 e. The number of hydrogen-bond acceptors (Lipinski definition) is 6. The Morgan fingerprint density at radius 2 is 2.00 bits per heavy atom. The Kier molecular flexibility index (Phi) is 4.53. The molecule has 3 aromatic rings. The van der Waals surface area contributed by atoms with Gasteiger partial charge in [0.05, 0.1) is 20.8 Å². The van der Waals surface area contributed by atoms with E-state index >= 15 is 0 Å². The van der Waals surface area contributed by atoms with Crippen LogP contribution in [0.25, 0.3) is 11.4 Å². The second-order valence-electron chi connectivity index (χ2n) is 6.19. The van der Waals surface area contributed by atoms with E-state index in [4.69, 9.17) is 9.47 Å². The smallest absolute Gasteiger partial charge is 0.205 e. The zero-order chi connectivity index (χ0) is 17.9. The summed E-state index contributed by atoms with van der Waals surface area (Å²) in [5, 5.41) is 16.4. The maximum absolute atomic E-state index is 5.35. The molecule has 0 spiro atoms. The molecule has 26 heavy (non-hydrogen) atoms. The van der Waals surface area contributed by atoms with E-state index in [-0.39, 0.29) is 0 Å². The minimum absolute atomic E-state index is 0.567. The molecule has 1 N–H and O–H groups in total. The Bertz CT molecular complexity index is 922. The molecular weight excluding hydrogens is 330 g/mol. The van der Waals surface area contributed by atoms with Gasteiger partial charge in [-0.15, -0.1) is 10.2 Å². The van der Waals surface area contributed by atoms with Crippen molar-refractivity contribution in [2.24, 2.45) is 0 Å². The highest BCUT2D eigenvalue weighted by molar-refractivity contribution is 5.60. The maximum atomic E-state index is 5.35. The molecule has 2 heterocycles. The zero-order valence-corrected chi connectivity index (χ0v) is 14.9. The number of aromatic nitrogens is 4. The normalized spacial score (nSPS) is 13.3. The van der Waals surface area contributed by atoms with E-state index in [0.29, 0.717) is 23.9 Å². The number of fused-ring (bicyclic) bond motifs is 1. The van der Waals surface area contributed by atoms with Gasteiger partial charge in [-0.3, -0.25) is 0 Å². The summed E-state index contributed by atoms with van der Waals surface area (Å²) in [7, 11) is 3.22. The molecule has 1 aliphatic rings. The van der Waals surface area contributed by atoms with Crippen LogP contribution >= 0.6 is 0 Å². The third kappa shape index (κ3) is 3.13. The maximum Gasteiger partial charge on any atom is 0.205 e. The van der Waals surface area contributed by atoms with Crippen LogP contribution in [0.5, 0.6) is 11.5 Å². The van der Waals surface area contributed by atoms with E-state index in [1.807, 2.05) is 18.2 Å². The SMILES string of the molecule is COc1ccc(-c2nnn(Cc3cccc4c3CCNC4)n2)cc1OC. The van der Waals surface area contributed by atoms with E-state index in [1.165, 1.54) is 16.7 Å². The molecule has 0 amide bonds. The summed E-state index contributed by atoms with van der Waals surface area (Å²) < 4.78 is 10.6. The van der Waals surface area contributed by atoms with Gasteiger partial charge in [-0.1, -0.05) is 18.2 Å². The first-order valence-corrected chi connectivity index (χ1v) is 8.59. The van der Waals surface area contributed by atoms with Crippen molar-refractivity contribution in [3.05, 3.63) is 53.1 Å². The number of nitrogens with zero attached hydrogens (tertiary/aromatic N) is 4. The zero-order valence-electron chi connectivity index (χ0n) is 14.9. The average Bonchev–Trinajstić information content (AvgIpc) is 3.16. The molecule has 7 nitrogen and oxygen atoms in total. The molecule has 0 saturated heterocycles. The Morgan fingerprint density at radius 3 is 2.85 bits per heavy atom. The van der Waals surface area contributed by atoms with E-state index in [0.717, 1.165) is 25.1 Å². The summed E-state index contributed by atoms with van der Waals surface area (Å²) >= 11 is 0. The molecule has 0 atom stereocenters. The molecule has 134 valence electrons. The quantitative estimate of drug-likeness (QED) is 0.758. The van der Waals surface area contributed by atoms with Gasteiger partial charge < -0.3 is 14.8 Å². The van der Waals surface area contributed by atoms with Crippen molar-refractivity contribution in [1.82, 2.24) is 25.5 Å². The Balaban J connectivity index is 1.59. The lowest BCUT2D eigenvalue weighted by Gasteiger charge is -2.19. The Hall–Kier alpha value is -2.93. The van der Waals surface area contributed by atoms with E-state index in [9.17, 15) is 0 Å². The molecule has 0 saturated carbocycles. The van der Waals surface area contributed by atoms with Crippen LogP contribution < -0.4 is 14.8 Å².